The Hall–Kier alpha value is -0.620. The number of hydrogen-bond donors (Lipinski definition) is 2. The van der Waals surface area contributed by atoms with E-state index in [-0.39, 0.29) is 11.7 Å². The second-order valence-electron chi connectivity index (χ2n) is 5.21. The average Bonchev–Trinajstić information content (AvgIpc) is 2.62. The summed E-state index contributed by atoms with van der Waals surface area (Å²) in [6.07, 6.45) is 1.21. The van der Waals surface area contributed by atoms with Gasteiger partial charge in [0.1, 0.15) is 0 Å². The van der Waals surface area contributed by atoms with E-state index in [2.05, 4.69) is 5.32 Å². The predicted octanol–water partition coefficient (Wildman–Crippen LogP) is 0.569. The Morgan fingerprint density at radius 3 is 2.13 bits per heavy atom. The van der Waals surface area contributed by atoms with Crippen LogP contribution in [0.4, 0.5) is 0 Å². The third kappa shape index (κ3) is 3.79. The Balaban J connectivity index is 2.63. The largest absolute Gasteiger partial charge is 0.349 e. The van der Waals surface area contributed by atoms with Crippen LogP contribution in [-0.4, -0.2) is 30.2 Å². The van der Waals surface area contributed by atoms with Crippen molar-refractivity contribution in [3.05, 3.63) is 0 Å². The highest BCUT2D eigenvalue weighted by Gasteiger charge is 2.48. The molecule has 6 heteroatoms. The summed E-state index contributed by atoms with van der Waals surface area (Å²) in [4.78, 5) is 11.6. The van der Waals surface area contributed by atoms with Gasteiger partial charge in [0.2, 0.25) is 5.91 Å². The van der Waals surface area contributed by atoms with Crippen molar-refractivity contribution < 1.29 is 17.8 Å². The van der Waals surface area contributed by atoms with Crippen LogP contribution in [0.3, 0.4) is 0 Å². The highest BCUT2D eigenvalue weighted by Crippen LogP contribution is 2.37. The van der Waals surface area contributed by atoms with E-state index in [1.165, 1.54) is 0 Å². The Bertz CT molecular complexity index is 362. The van der Waals surface area contributed by atoms with Crippen molar-refractivity contribution in [2.24, 2.45) is 5.41 Å². The zero-order valence-corrected chi connectivity index (χ0v) is 10.0. The van der Waals surface area contributed by atoms with Gasteiger partial charge in [0.05, 0.1) is 11.3 Å². The fraction of sp³-hybridized carbons (Fsp3) is 0.889. The molecule has 0 unspecified atom stereocenters. The predicted molar refractivity (Wildman–Crippen MR) is 56.0 cm³/mol. The minimum Gasteiger partial charge on any atom is -0.349 e. The lowest BCUT2D eigenvalue weighted by Gasteiger charge is -2.23. The molecule has 1 amide bonds. The van der Waals surface area contributed by atoms with Gasteiger partial charge in [-0.1, -0.05) is 20.8 Å². The SMILES string of the molecule is CC(C)(C)C(=O)NC1(CS(=O)(=O)O)CC1. The highest BCUT2D eigenvalue weighted by atomic mass is 32.2. The van der Waals surface area contributed by atoms with Crippen LogP contribution in [0.5, 0.6) is 0 Å². The van der Waals surface area contributed by atoms with Crippen LogP contribution in [0.25, 0.3) is 0 Å². The van der Waals surface area contributed by atoms with Gasteiger partial charge < -0.3 is 5.32 Å². The lowest BCUT2D eigenvalue weighted by Crippen LogP contribution is -2.46. The van der Waals surface area contributed by atoms with Gasteiger partial charge in [-0.05, 0) is 12.8 Å². The van der Waals surface area contributed by atoms with E-state index in [9.17, 15) is 13.2 Å². The highest BCUT2D eigenvalue weighted by molar-refractivity contribution is 7.85. The van der Waals surface area contributed by atoms with Gasteiger partial charge in [0, 0.05) is 5.41 Å². The molecule has 0 aromatic heterocycles. The Kier molecular flexibility index (Phi) is 2.86. The lowest BCUT2D eigenvalue weighted by molar-refractivity contribution is -0.129. The molecule has 0 heterocycles. The zero-order chi connectivity index (χ0) is 11.9. The Labute approximate surface area is 90.0 Å². The van der Waals surface area contributed by atoms with E-state index in [1.54, 1.807) is 20.8 Å². The van der Waals surface area contributed by atoms with Crippen LogP contribution in [0.15, 0.2) is 0 Å². The molecule has 0 spiro atoms. The van der Waals surface area contributed by atoms with E-state index in [0.29, 0.717) is 12.8 Å². The maximum Gasteiger partial charge on any atom is 0.267 e. The van der Waals surface area contributed by atoms with E-state index >= 15 is 0 Å². The van der Waals surface area contributed by atoms with E-state index in [1.807, 2.05) is 0 Å². The minimum absolute atomic E-state index is 0.191. The standard InChI is InChI=1S/C9H17NO4S/c1-8(2,3)7(11)10-9(4-5-9)6-15(12,13)14/h4-6H2,1-3H3,(H,10,11)(H,12,13,14). The third-order valence-corrected chi connectivity index (χ3v) is 3.29. The monoisotopic (exact) mass is 235 g/mol. The first-order chi connectivity index (χ1) is 6.54. The molecule has 1 aliphatic carbocycles. The molecular formula is C9H17NO4S. The number of rotatable bonds is 3. The maximum atomic E-state index is 11.6. The summed E-state index contributed by atoms with van der Waals surface area (Å²) in [5.41, 5.74) is -1.27. The second kappa shape index (κ2) is 3.45. The molecule has 5 nitrogen and oxygen atoms in total. The first kappa shape index (κ1) is 12.4. The molecule has 0 radical (unpaired) electrons. The number of hydrogen-bond acceptors (Lipinski definition) is 3. The lowest BCUT2D eigenvalue weighted by atomic mass is 9.95. The first-order valence-corrected chi connectivity index (χ1v) is 6.43. The quantitative estimate of drug-likeness (QED) is 0.700. The van der Waals surface area contributed by atoms with Crippen LogP contribution < -0.4 is 5.32 Å². The fourth-order valence-electron chi connectivity index (χ4n) is 1.23. The molecule has 0 aromatic carbocycles. The average molecular weight is 235 g/mol. The molecule has 1 rings (SSSR count). The Morgan fingerprint density at radius 2 is 1.87 bits per heavy atom. The molecule has 15 heavy (non-hydrogen) atoms. The second-order valence-corrected chi connectivity index (χ2v) is 6.66. The molecule has 2 N–H and O–H groups in total. The van der Waals surface area contributed by atoms with Crippen molar-refractivity contribution in [3.8, 4) is 0 Å². The third-order valence-electron chi connectivity index (χ3n) is 2.37. The number of amides is 1. The molecule has 1 aliphatic rings. The molecule has 1 saturated carbocycles. The zero-order valence-electron chi connectivity index (χ0n) is 9.20. The summed E-state index contributed by atoms with van der Waals surface area (Å²) in [6.45, 7) is 5.27. The van der Waals surface area contributed by atoms with Crippen molar-refractivity contribution in [1.29, 1.82) is 0 Å². The Morgan fingerprint density at radius 1 is 1.40 bits per heavy atom. The summed E-state index contributed by atoms with van der Waals surface area (Å²) in [6, 6.07) is 0. The maximum absolute atomic E-state index is 11.6. The molecular weight excluding hydrogens is 218 g/mol. The van der Waals surface area contributed by atoms with Crippen LogP contribution in [0.1, 0.15) is 33.6 Å². The molecule has 88 valence electrons. The van der Waals surface area contributed by atoms with Gasteiger partial charge in [0.15, 0.2) is 0 Å². The van der Waals surface area contributed by atoms with Crippen LogP contribution >= 0.6 is 0 Å². The number of carbonyl (C=O) groups is 1. The first-order valence-electron chi connectivity index (χ1n) is 4.82. The number of carbonyl (C=O) groups excluding carboxylic acids is 1. The molecule has 0 saturated heterocycles. The van der Waals surface area contributed by atoms with Gasteiger partial charge >= 0.3 is 0 Å². The fourth-order valence-corrected chi connectivity index (χ4v) is 2.29. The molecule has 0 aliphatic heterocycles. The van der Waals surface area contributed by atoms with Crippen LogP contribution in [-0.2, 0) is 14.9 Å². The van der Waals surface area contributed by atoms with Gasteiger partial charge in [-0.3, -0.25) is 9.35 Å². The smallest absolute Gasteiger partial charge is 0.267 e. The van der Waals surface area contributed by atoms with Crippen molar-refractivity contribution in [3.63, 3.8) is 0 Å². The summed E-state index contributed by atoms with van der Waals surface area (Å²) in [5, 5.41) is 2.69. The summed E-state index contributed by atoms with van der Waals surface area (Å²) < 4.78 is 30.2. The van der Waals surface area contributed by atoms with Gasteiger partial charge in [-0.2, -0.15) is 8.42 Å². The van der Waals surface area contributed by atoms with Crippen LogP contribution in [0, 0.1) is 5.41 Å². The van der Waals surface area contributed by atoms with E-state index < -0.39 is 21.1 Å². The van der Waals surface area contributed by atoms with E-state index in [4.69, 9.17) is 4.55 Å². The summed E-state index contributed by atoms with van der Waals surface area (Å²) in [7, 11) is -4.03. The van der Waals surface area contributed by atoms with Gasteiger partial charge in [0.25, 0.3) is 10.1 Å². The number of nitrogens with one attached hydrogen (secondary N) is 1. The minimum atomic E-state index is -4.03. The van der Waals surface area contributed by atoms with Crippen molar-refractivity contribution in [2.45, 2.75) is 39.2 Å². The summed E-state index contributed by atoms with van der Waals surface area (Å²) in [5.74, 6) is -0.578. The van der Waals surface area contributed by atoms with Crippen molar-refractivity contribution >= 4 is 16.0 Å². The molecule has 0 bridgehead atoms. The van der Waals surface area contributed by atoms with Crippen molar-refractivity contribution in [1.82, 2.24) is 5.32 Å². The normalized spacial score (nSPS) is 19.7. The van der Waals surface area contributed by atoms with Crippen LogP contribution in [0.2, 0.25) is 0 Å². The molecule has 1 fully saturated rings. The summed E-state index contributed by atoms with van der Waals surface area (Å²) >= 11 is 0. The van der Waals surface area contributed by atoms with Crippen molar-refractivity contribution in [2.75, 3.05) is 5.75 Å². The van der Waals surface area contributed by atoms with E-state index in [0.717, 1.165) is 0 Å². The molecule has 0 atom stereocenters. The van der Waals surface area contributed by atoms with Gasteiger partial charge in [-0.15, -0.1) is 0 Å². The van der Waals surface area contributed by atoms with Gasteiger partial charge in [-0.25, -0.2) is 0 Å². The molecule has 0 aromatic rings. The topological polar surface area (TPSA) is 83.5 Å².